The van der Waals surface area contributed by atoms with E-state index in [0.29, 0.717) is 13.1 Å². The number of nitrogens with zero attached hydrogens (tertiary/aromatic N) is 4. The average molecular weight is 264 g/mol. The van der Waals surface area contributed by atoms with Gasteiger partial charge in [-0.05, 0) is 0 Å². The molecule has 4 heterocycles. The molecule has 0 N–H and O–H groups in total. The molecule has 0 spiro atoms. The summed E-state index contributed by atoms with van der Waals surface area (Å²) >= 11 is 1.63. The molecule has 2 aliphatic rings. The third-order valence-corrected chi connectivity index (χ3v) is 4.68. The third kappa shape index (κ3) is 1.02. The van der Waals surface area contributed by atoms with Crippen LogP contribution in [0.3, 0.4) is 0 Å². The topological polar surface area (TPSA) is 50.6 Å². The molecule has 1 unspecified atom stereocenters. The molecule has 94 valence electrons. The van der Waals surface area contributed by atoms with Crippen LogP contribution in [0.2, 0.25) is 0 Å². The molecule has 2 aromatic heterocycles. The van der Waals surface area contributed by atoms with Crippen molar-refractivity contribution in [3.05, 3.63) is 16.8 Å². The summed E-state index contributed by atoms with van der Waals surface area (Å²) in [5, 5.41) is 1.48. The van der Waals surface area contributed by atoms with Crippen molar-refractivity contribution in [1.29, 1.82) is 0 Å². The zero-order valence-corrected chi connectivity index (χ0v) is 10.9. The Hall–Kier alpha value is -1.60. The van der Waals surface area contributed by atoms with E-state index in [1.54, 1.807) is 18.4 Å². The largest absolute Gasteiger partial charge is 0.345 e. The summed E-state index contributed by atoms with van der Waals surface area (Å²) in [6, 6.07) is -0.0493. The molecule has 2 aromatic rings. The molecule has 0 aliphatic carbocycles. The molecule has 2 amide bonds. The van der Waals surface area contributed by atoms with Crippen molar-refractivity contribution in [1.82, 2.24) is 19.5 Å². The van der Waals surface area contributed by atoms with E-state index in [0.717, 1.165) is 5.65 Å². The number of aromatic nitrogens is 2. The van der Waals surface area contributed by atoms with Crippen molar-refractivity contribution in [2.75, 3.05) is 13.7 Å². The van der Waals surface area contributed by atoms with Crippen LogP contribution in [0.4, 0.5) is 4.79 Å². The first-order valence-corrected chi connectivity index (χ1v) is 6.63. The molecule has 6 nitrogen and oxygen atoms in total. The van der Waals surface area contributed by atoms with Crippen molar-refractivity contribution < 1.29 is 9.63 Å². The van der Waals surface area contributed by atoms with Crippen LogP contribution in [0, 0.1) is 0 Å². The number of urea groups is 1. The van der Waals surface area contributed by atoms with Crippen LogP contribution in [0.15, 0.2) is 5.51 Å². The van der Waals surface area contributed by atoms with E-state index in [2.05, 4.69) is 9.55 Å². The lowest BCUT2D eigenvalue weighted by Gasteiger charge is -2.23. The van der Waals surface area contributed by atoms with Crippen LogP contribution in [0.25, 0.3) is 10.3 Å². The number of fused-ring (bicyclic) bond motifs is 6. The van der Waals surface area contributed by atoms with Gasteiger partial charge < -0.3 is 9.47 Å². The van der Waals surface area contributed by atoms with E-state index in [1.807, 2.05) is 17.5 Å². The summed E-state index contributed by atoms with van der Waals surface area (Å²) in [5.41, 5.74) is 5.24. The molecule has 1 atom stereocenters. The fourth-order valence-corrected chi connectivity index (χ4v) is 3.93. The average Bonchev–Trinajstić information content (AvgIpc) is 3.00. The van der Waals surface area contributed by atoms with Crippen LogP contribution in [0.5, 0.6) is 0 Å². The lowest BCUT2D eigenvalue weighted by molar-refractivity contribution is -0.100. The first-order valence-electron chi connectivity index (χ1n) is 5.75. The summed E-state index contributed by atoms with van der Waals surface area (Å²) in [5.74, 6) is 0. The van der Waals surface area contributed by atoms with E-state index < -0.39 is 0 Å². The Labute approximate surface area is 107 Å². The molecular weight excluding hydrogens is 252 g/mol. The number of carbonyl (C=O) groups excluding carboxylic acids is 1. The fraction of sp³-hybridized carbons (Fsp3) is 0.455. The Morgan fingerprint density at radius 1 is 1.56 bits per heavy atom. The smallest absolute Gasteiger partial charge is 0.330 e. The Balaban J connectivity index is 2.00. The molecule has 0 radical (unpaired) electrons. The molecule has 2 aliphatic heterocycles. The van der Waals surface area contributed by atoms with E-state index in [9.17, 15) is 4.79 Å². The van der Waals surface area contributed by atoms with Crippen LogP contribution in [-0.4, -0.2) is 39.2 Å². The van der Waals surface area contributed by atoms with Gasteiger partial charge in [-0.2, -0.15) is 5.06 Å². The van der Waals surface area contributed by atoms with Crippen molar-refractivity contribution >= 4 is 27.7 Å². The first-order chi connectivity index (χ1) is 8.72. The van der Waals surface area contributed by atoms with Gasteiger partial charge in [0.1, 0.15) is 6.04 Å². The Morgan fingerprint density at radius 2 is 2.39 bits per heavy atom. The highest BCUT2D eigenvalue weighted by Gasteiger charge is 2.46. The summed E-state index contributed by atoms with van der Waals surface area (Å²) in [7, 11) is 3.56. The summed E-state index contributed by atoms with van der Waals surface area (Å²) in [4.78, 5) is 23.5. The van der Waals surface area contributed by atoms with E-state index in [-0.39, 0.29) is 12.1 Å². The highest BCUT2D eigenvalue weighted by atomic mass is 32.1. The minimum absolute atomic E-state index is 0.00426. The van der Waals surface area contributed by atoms with Gasteiger partial charge in [-0.25, -0.2) is 9.78 Å². The lowest BCUT2D eigenvalue weighted by atomic mass is 10.0. The number of amides is 2. The Bertz CT molecular complexity index is 661. The second-order valence-electron chi connectivity index (χ2n) is 4.61. The molecule has 0 aromatic carbocycles. The normalized spacial score (nSPS) is 22.1. The number of aryl methyl sites for hydroxylation is 1. The standard InChI is InChI=1S/C11H12N4O2S/c1-13-6-3-14-4-7(15(17-2)11(14)16)8(6)9-10(13)12-5-18-9/h5,7H,3-4H2,1-2H3. The Morgan fingerprint density at radius 3 is 3.17 bits per heavy atom. The summed E-state index contributed by atoms with van der Waals surface area (Å²) in [6.07, 6.45) is 0. The van der Waals surface area contributed by atoms with Crippen molar-refractivity contribution in [2.24, 2.45) is 7.05 Å². The second-order valence-corrected chi connectivity index (χ2v) is 5.47. The molecule has 2 bridgehead atoms. The van der Waals surface area contributed by atoms with E-state index in [1.165, 1.54) is 21.0 Å². The zero-order valence-electron chi connectivity index (χ0n) is 10.1. The predicted octanol–water partition coefficient (Wildman–Crippen LogP) is 1.49. The highest BCUT2D eigenvalue weighted by molar-refractivity contribution is 7.17. The maximum Gasteiger partial charge on any atom is 0.345 e. The summed E-state index contributed by atoms with van der Waals surface area (Å²) in [6.45, 7) is 1.35. The quantitative estimate of drug-likeness (QED) is 0.784. The second kappa shape index (κ2) is 3.24. The van der Waals surface area contributed by atoms with Crippen LogP contribution >= 0.6 is 11.3 Å². The molecule has 7 heteroatoms. The number of thiazole rings is 1. The van der Waals surface area contributed by atoms with E-state index in [4.69, 9.17) is 4.84 Å². The van der Waals surface area contributed by atoms with Gasteiger partial charge in [0.25, 0.3) is 0 Å². The van der Waals surface area contributed by atoms with Gasteiger partial charge in [0.05, 0.1) is 30.4 Å². The number of hydrogen-bond acceptors (Lipinski definition) is 4. The van der Waals surface area contributed by atoms with Crippen LogP contribution in [0.1, 0.15) is 17.3 Å². The van der Waals surface area contributed by atoms with E-state index >= 15 is 0 Å². The minimum atomic E-state index is -0.0450. The summed E-state index contributed by atoms with van der Waals surface area (Å²) < 4.78 is 3.26. The molecule has 1 saturated heterocycles. The highest BCUT2D eigenvalue weighted by Crippen LogP contribution is 2.43. The third-order valence-electron chi connectivity index (χ3n) is 3.83. The van der Waals surface area contributed by atoms with Gasteiger partial charge in [0.15, 0.2) is 5.65 Å². The number of hydroxylamine groups is 2. The lowest BCUT2D eigenvalue weighted by Crippen LogP contribution is -2.30. The maximum absolute atomic E-state index is 12.1. The minimum Gasteiger partial charge on any atom is -0.330 e. The molecule has 18 heavy (non-hydrogen) atoms. The number of hydrogen-bond donors (Lipinski definition) is 0. The van der Waals surface area contributed by atoms with Gasteiger partial charge in [-0.1, -0.05) is 0 Å². The number of rotatable bonds is 1. The molecule has 1 fully saturated rings. The first kappa shape index (κ1) is 10.3. The monoisotopic (exact) mass is 264 g/mol. The van der Waals surface area contributed by atoms with Gasteiger partial charge >= 0.3 is 6.03 Å². The molecule has 0 saturated carbocycles. The molecular formula is C11H12N4O2S. The van der Waals surface area contributed by atoms with Gasteiger partial charge in [0, 0.05) is 18.3 Å². The number of carbonyl (C=O) groups is 1. The van der Waals surface area contributed by atoms with Crippen molar-refractivity contribution in [2.45, 2.75) is 12.6 Å². The SMILES string of the molecule is CON1C(=O)N2Cc3c(c4scnc4n3C)C1C2. The van der Waals surface area contributed by atoms with Gasteiger partial charge in [0.2, 0.25) is 0 Å². The zero-order chi connectivity index (χ0) is 12.4. The van der Waals surface area contributed by atoms with Crippen LogP contribution in [-0.2, 0) is 18.4 Å². The van der Waals surface area contributed by atoms with Crippen molar-refractivity contribution in [3.63, 3.8) is 0 Å². The van der Waals surface area contributed by atoms with Crippen LogP contribution < -0.4 is 0 Å². The predicted molar refractivity (Wildman–Crippen MR) is 66.0 cm³/mol. The van der Waals surface area contributed by atoms with Crippen molar-refractivity contribution in [3.8, 4) is 0 Å². The molecule has 4 rings (SSSR count). The fourth-order valence-electron chi connectivity index (χ4n) is 3.00. The van der Waals surface area contributed by atoms with Gasteiger partial charge in [-0.15, -0.1) is 11.3 Å². The Kier molecular flexibility index (Phi) is 1.86. The van der Waals surface area contributed by atoms with Gasteiger partial charge in [-0.3, -0.25) is 4.84 Å². The maximum atomic E-state index is 12.1.